The van der Waals surface area contributed by atoms with Crippen LogP contribution in [0.2, 0.25) is 0 Å². The maximum atomic E-state index is 14.8. The van der Waals surface area contributed by atoms with Crippen molar-refractivity contribution in [3.8, 4) is 22.9 Å². The third-order valence-corrected chi connectivity index (χ3v) is 12.7. The van der Waals surface area contributed by atoms with Gasteiger partial charge in [0, 0.05) is 41.3 Å². The molecule has 0 spiro atoms. The molecule has 6 atom stereocenters. The van der Waals surface area contributed by atoms with Gasteiger partial charge >= 0.3 is 13.8 Å². The van der Waals surface area contributed by atoms with Crippen molar-refractivity contribution in [3.05, 3.63) is 42.3 Å². The van der Waals surface area contributed by atoms with Crippen LogP contribution >= 0.6 is 19.1 Å². The van der Waals surface area contributed by atoms with Crippen LogP contribution < -0.4 is 30.5 Å². The van der Waals surface area contributed by atoms with Crippen molar-refractivity contribution in [2.75, 3.05) is 25.6 Å². The Morgan fingerprint density at radius 1 is 1.12 bits per heavy atom. The van der Waals surface area contributed by atoms with Gasteiger partial charge in [-0.05, 0) is 70.4 Å². The van der Waals surface area contributed by atoms with Gasteiger partial charge in [0.15, 0.2) is 5.13 Å². The number of fused-ring (bicyclic) bond motifs is 1. The highest BCUT2D eigenvalue weighted by atomic mass is 32.1. The van der Waals surface area contributed by atoms with Crippen molar-refractivity contribution in [2.24, 2.45) is 11.3 Å². The number of thiazole rings is 1. The van der Waals surface area contributed by atoms with Gasteiger partial charge in [-0.2, -0.15) is 0 Å². The SMILES string of the molecule is C=C[C@@H]1C[C@]1(NC(=O)[C@@H]1C[C@@H](Oc2cc(-c3csc(NC(C)C)n3)nc3cc(OC)ccc23)CN1C(=O)[C@@H](NC(=O)OC1CCCC1)C(C)(C)C)C(=O)NP(=O)(O)OCC. The number of alkyl carbamates (subject to hydrolysis) is 1. The summed E-state index contributed by atoms with van der Waals surface area (Å²) in [6, 6.07) is 5.00. The van der Waals surface area contributed by atoms with Gasteiger partial charge < -0.3 is 40.0 Å². The third-order valence-electron chi connectivity index (χ3n) is 10.8. The van der Waals surface area contributed by atoms with Crippen LogP contribution in [-0.2, 0) is 28.2 Å². The van der Waals surface area contributed by atoms with Gasteiger partial charge in [-0.3, -0.25) is 24.0 Å². The van der Waals surface area contributed by atoms with E-state index in [0.717, 1.165) is 30.8 Å². The number of hydrogen-bond donors (Lipinski definition) is 5. The molecule has 1 unspecified atom stereocenters. The van der Waals surface area contributed by atoms with Crippen molar-refractivity contribution in [2.45, 2.75) is 116 Å². The largest absolute Gasteiger partial charge is 0.497 e. The van der Waals surface area contributed by atoms with Crippen LogP contribution in [0.3, 0.4) is 0 Å². The predicted octanol–water partition coefficient (Wildman–Crippen LogP) is 5.93. The summed E-state index contributed by atoms with van der Waals surface area (Å²) < 4.78 is 35.3. The molecule has 1 aliphatic heterocycles. The lowest BCUT2D eigenvalue weighted by molar-refractivity contribution is -0.143. The first-order valence-corrected chi connectivity index (χ1v) is 22.7. The maximum Gasteiger partial charge on any atom is 0.432 e. The topological polar surface area (TPSA) is 220 Å². The van der Waals surface area contributed by atoms with E-state index in [4.69, 9.17) is 28.7 Å². The number of amides is 4. The van der Waals surface area contributed by atoms with Crippen molar-refractivity contribution in [3.63, 3.8) is 0 Å². The van der Waals surface area contributed by atoms with Crippen LogP contribution in [0.25, 0.3) is 22.3 Å². The Morgan fingerprint density at radius 3 is 2.48 bits per heavy atom. The van der Waals surface area contributed by atoms with E-state index in [1.165, 1.54) is 29.2 Å². The first-order valence-electron chi connectivity index (χ1n) is 20.3. The fourth-order valence-corrected chi connectivity index (χ4v) is 9.41. The van der Waals surface area contributed by atoms with Crippen LogP contribution in [0.5, 0.6) is 11.5 Å². The summed E-state index contributed by atoms with van der Waals surface area (Å²) in [4.78, 5) is 77.3. The molecule has 6 rings (SSSR count). The smallest absolute Gasteiger partial charge is 0.432 e. The van der Waals surface area contributed by atoms with Gasteiger partial charge in [0.05, 0.1) is 31.5 Å². The van der Waals surface area contributed by atoms with Gasteiger partial charge in [-0.15, -0.1) is 17.9 Å². The molecular weight excluding hydrogens is 814 g/mol. The molecule has 2 saturated carbocycles. The Kier molecular flexibility index (Phi) is 13.5. The fraction of sp³-hybridized carbons (Fsp3) is 0.561. The van der Waals surface area contributed by atoms with E-state index in [0.29, 0.717) is 33.8 Å². The monoisotopic (exact) mass is 869 g/mol. The van der Waals surface area contributed by atoms with Gasteiger partial charge in [0.25, 0.3) is 5.91 Å². The summed E-state index contributed by atoms with van der Waals surface area (Å²) in [7, 11) is -2.98. The molecule has 2 aromatic heterocycles. The van der Waals surface area contributed by atoms with Crippen molar-refractivity contribution in [1.82, 2.24) is 30.6 Å². The molecule has 19 heteroatoms. The zero-order valence-electron chi connectivity index (χ0n) is 35.1. The van der Waals surface area contributed by atoms with E-state index in [1.807, 2.05) is 30.4 Å². The molecule has 0 radical (unpaired) electrons. The Hall–Kier alpha value is -4.77. The number of aromatic nitrogens is 2. The van der Waals surface area contributed by atoms with E-state index in [9.17, 15) is 28.6 Å². The Labute approximate surface area is 353 Å². The Morgan fingerprint density at radius 2 is 1.85 bits per heavy atom. The number of anilines is 1. The van der Waals surface area contributed by atoms with Crippen LogP contribution in [0.4, 0.5) is 9.93 Å². The maximum absolute atomic E-state index is 14.8. The molecule has 4 amide bonds. The molecule has 3 heterocycles. The highest BCUT2D eigenvalue weighted by Gasteiger charge is 2.62. The van der Waals surface area contributed by atoms with Crippen LogP contribution in [0.1, 0.15) is 80.1 Å². The highest BCUT2D eigenvalue weighted by molar-refractivity contribution is 7.51. The van der Waals surface area contributed by atoms with Crippen molar-refractivity contribution < 1.29 is 47.4 Å². The predicted molar refractivity (Wildman–Crippen MR) is 227 cm³/mol. The number of nitrogens with zero attached hydrogens (tertiary/aromatic N) is 3. The van der Waals surface area contributed by atoms with E-state index in [2.05, 4.69) is 22.5 Å². The van der Waals surface area contributed by atoms with Crippen LogP contribution in [-0.4, -0.2) is 99.7 Å². The van der Waals surface area contributed by atoms with E-state index in [-0.39, 0.29) is 38.1 Å². The standard InChI is InChI=1S/C41H56N7O10PS/c1-9-24-20-41(24,37(51)47-59(53,54)56-10-2)46-35(49)32-18-27(21-48(32)36(50)34(40(5,6)7)45-39(52)58-25-13-11-12-14-25)57-33-19-30(31-22-60-38(44-31)42-23(3)4)43-29-17-26(55-8)15-16-28(29)33/h9,15-17,19,22-25,27,32,34H,1,10-14,18,20-21H2,2-8H3,(H,42,44)(H,45,52)(H,46,49)(H2,47,51,53,54)/t24-,27-,32+,34-,41-/m1/s1. The molecular formula is C41H56N7O10PS. The van der Waals surface area contributed by atoms with Crippen LogP contribution in [0, 0.1) is 11.3 Å². The molecule has 1 saturated heterocycles. The molecule has 0 bridgehead atoms. The summed E-state index contributed by atoms with van der Waals surface area (Å²) >= 11 is 1.44. The van der Waals surface area contributed by atoms with Gasteiger partial charge in [-0.1, -0.05) is 26.8 Å². The average molecular weight is 870 g/mol. The number of ether oxygens (including phenoxy) is 3. The van der Waals surface area contributed by atoms with E-state index >= 15 is 0 Å². The number of pyridine rings is 1. The quantitative estimate of drug-likeness (QED) is 0.0834. The molecule has 326 valence electrons. The van der Waals surface area contributed by atoms with Crippen molar-refractivity contribution >= 4 is 58.9 Å². The number of nitrogens with one attached hydrogen (secondary N) is 4. The number of methoxy groups -OCH3 is 1. The van der Waals surface area contributed by atoms with E-state index < -0.39 is 66.6 Å². The van der Waals surface area contributed by atoms with Gasteiger partial charge in [0.1, 0.15) is 47.0 Å². The number of hydrogen-bond acceptors (Lipinski definition) is 13. The summed E-state index contributed by atoms with van der Waals surface area (Å²) in [5, 5.41) is 14.2. The number of rotatable bonds is 16. The normalized spacial score (nSPS) is 23.1. The van der Waals surface area contributed by atoms with Gasteiger partial charge in [-0.25, -0.2) is 19.3 Å². The lowest BCUT2D eigenvalue weighted by Gasteiger charge is -2.35. The molecule has 60 heavy (non-hydrogen) atoms. The average Bonchev–Trinajstić information content (AvgIpc) is 3.59. The zero-order valence-corrected chi connectivity index (χ0v) is 36.8. The second kappa shape index (κ2) is 18.1. The summed E-state index contributed by atoms with van der Waals surface area (Å²) in [5.74, 6) is -1.75. The second-order valence-corrected chi connectivity index (χ2v) is 19.2. The number of likely N-dealkylation sites (tertiary alicyclic amines) is 1. The molecule has 3 fully saturated rings. The van der Waals surface area contributed by atoms with E-state index in [1.54, 1.807) is 46.1 Å². The Bertz CT molecular complexity index is 2150. The minimum absolute atomic E-state index is 0.0106. The minimum atomic E-state index is -4.54. The molecule has 17 nitrogen and oxygen atoms in total. The fourth-order valence-electron chi connectivity index (χ4n) is 7.69. The Balaban J connectivity index is 1.34. The molecule has 2 aliphatic carbocycles. The first-order chi connectivity index (χ1) is 28.4. The molecule has 5 N–H and O–H groups in total. The lowest BCUT2D eigenvalue weighted by atomic mass is 9.85. The molecule has 1 aromatic carbocycles. The van der Waals surface area contributed by atoms with Crippen molar-refractivity contribution in [1.29, 1.82) is 0 Å². The minimum Gasteiger partial charge on any atom is -0.497 e. The second-order valence-electron chi connectivity index (χ2n) is 16.8. The highest BCUT2D eigenvalue weighted by Crippen LogP contribution is 2.48. The molecule has 3 aromatic rings. The summed E-state index contributed by atoms with van der Waals surface area (Å²) in [6.45, 7) is 14.5. The summed E-state index contributed by atoms with van der Waals surface area (Å²) in [6.07, 6.45) is 3.19. The lowest BCUT2D eigenvalue weighted by Crippen LogP contribution is -2.59. The number of carbonyl (C=O) groups excluding carboxylic acids is 4. The molecule has 3 aliphatic rings. The summed E-state index contributed by atoms with van der Waals surface area (Å²) in [5.41, 5.74) is -0.742. The van der Waals surface area contributed by atoms with Gasteiger partial charge in [0.2, 0.25) is 11.8 Å². The first kappa shape index (κ1) is 44.8. The zero-order chi connectivity index (χ0) is 43.6. The van der Waals surface area contributed by atoms with Crippen LogP contribution in [0.15, 0.2) is 42.3 Å². The third kappa shape index (κ3) is 10.2. The number of benzene rings is 1. The number of carbonyl (C=O) groups is 4.